The van der Waals surface area contributed by atoms with Gasteiger partial charge in [0.1, 0.15) is 48.1 Å². The molecule has 3 fully saturated rings. The van der Waals surface area contributed by atoms with E-state index in [0.29, 0.717) is 5.56 Å². The summed E-state index contributed by atoms with van der Waals surface area (Å²) in [6.45, 7) is 14.3. The molecule has 0 amide bonds. The van der Waals surface area contributed by atoms with E-state index in [0.717, 1.165) is 69.0 Å². The maximum absolute atomic E-state index is 11.9. The molecule has 3 saturated heterocycles. The molecule has 3 N–H and O–H groups in total. The topological polar surface area (TPSA) is 176 Å². The molecule has 0 aliphatic carbocycles. The van der Waals surface area contributed by atoms with Gasteiger partial charge in [0.05, 0.1) is 28.4 Å². The minimum absolute atomic E-state index is 0.124. The van der Waals surface area contributed by atoms with Crippen LogP contribution in [0.25, 0.3) is 21.3 Å². The number of fused-ring (bicyclic) bond motifs is 1. The third kappa shape index (κ3) is 11.7. The molecule has 4 aromatic heterocycles. The smallest absolute Gasteiger partial charge is 0.303 e. The summed E-state index contributed by atoms with van der Waals surface area (Å²) >= 11 is 3.39. The minimum atomic E-state index is -0.989. The first kappa shape index (κ1) is 50.0. The van der Waals surface area contributed by atoms with Crippen molar-refractivity contribution in [3.8, 4) is 21.3 Å². The summed E-state index contributed by atoms with van der Waals surface area (Å²) in [6.07, 6.45) is -1.24. The Kier molecular flexibility index (Phi) is 16.1. The van der Waals surface area contributed by atoms with Crippen LogP contribution in [0.15, 0.2) is 106 Å². The van der Waals surface area contributed by atoms with Crippen LogP contribution in [-0.2, 0) is 50.9 Å². The van der Waals surface area contributed by atoms with E-state index in [9.17, 15) is 19.8 Å². The molecule has 13 nitrogen and oxygen atoms in total. The van der Waals surface area contributed by atoms with Crippen molar-refractivity contribution in [1.29, 1.82) is 0 Å². The first-order valence-electron chi connectivity index (χ1n) is 22.3. The largest absolute Gasteiger partial charge is 0.464 e. The molecule has 67 heavy (non-hydrogen) atoms. The van der Waals surface area contributed by atoms with Crippen LogP contribution in [0, 0.1) is 19.8 Å². The van der Waals surface area contributed by atoms with Gasteiger partial charge in [-0.3, -0.25) is 9.59 Å². The number of aliphatic hydroxyl groups excluding tert-OH is 3. The van der Waals surface area contributed by atoms with Crippen LogP contribution in [0.2, 0.25) is 0 Å². The average molecular weight is 957 g/mol. The van der Waals surface area contributed by atoms with E-state index < -0.39 is 66.7 Å². The number of carbonyl (C=O) groups is 2. The van der Waals surface area contributed by atoms with Gasteiger partial charge in [0.15, 0.2) is 18.2 Å². The number of carbonyl (C=O) groups excluding carboxylic acids is 2. The van der Waals surface area contributed by atoms with Gasteiger partial charge < -0.3 is 52.6 Å². The number of rotatable bonds is 11. The van der Waals surface area contributed by atoms with Crippen molar-refractivity contribution >= 4 is 34.6 Å². The molecule has 358 valence electrons. The highest BCUT2D eigenvalue weighted by atomic mass is 32.1. The number of aryl methyl sites for hydroxylation is 2. The zero-order valence-electron chi connectivity index (χ0n) is 39.2. The zero-order chi connectivity index (χ0) is 48.2. The van der Waals surface area contributed by atoms with Gasteiger partial charge in [-0.2, -0.15) is 0 Å². The SMILES string of the molecule is CC(=O)O[C@H]1[C@H](C)[C@@H](C)OC(c2ccc(C)c(Cc3ccc(-c4ccco4)s3)c2)[C@@H]1OC(C)=O.CO.Cc1ccc(C(O)[C@@H]2O[C@H]3OC(C)(C)O[C@H]3[C@@H]2O)cc1Cc1ccc(-c2ccco2)s1. The molecule has 7 heterocycles. The molecule has 15 heteroatoms. The molecule has 10 atom stereocenters. The van der Waals surface area contributed by atoms with Gasteiger partial charge in [0.25, 0.3) is 0 Å². The second kappa shape index (κ2) is 21.6. The van der Waals surface area contributed by atoms with Gasteiger partial charge in [0.2, 0.25) is 0 Å². The van der Waals surface area contributed by atoms with Crippen molar-refractivity contribution in [1.82, 2.24) is 0 Å². The van der Waals surface area contributed by atoms with E-state index in [-0.39, 0.29) is 12.0 Å². The fraction of sp³-hybridized carbons (Fsp3) is 0.423. The Morgan fingerprint density at radius 3 is 1.82 bits per heavy atom. The number of ether oxygens (including phenoxy) is 6. The summed E-state index contributed by atoms with van der Waals surface area (Å²) < 4.78 is 45.9. The molecule has 9 rings (SSSR count). The van der Waals surface area contributed by atoms with Crippen LogP contribution < -0.4 is 0 Å². The summed E-state index contributed by atoms with van der Waals surface area (Å²) in [6, 6.07) is 28.1. The Morgan fingerprint density at radius 1 is 0.731 bits per heavy atom. The number of aliphatic hydroxyl groups is 3. The molecule has 6 aromatic rings. The number of hydrogen-bond donors (Lipinski definition) is 3. The second-order valence-electron chi connectivity index (χ2n) is 17.5. The number of thiophene rings is 2. The highest BCUT2D eigenvalue weighted by Crippen LogP contribution is 2.42. The predicted octanol–water partition coefficient (Wildman–Crippen LogP) is 9.65. The van der Waals surface area contributed by atoms with E-state index in [2.05, 4.69) is 50.2 Å². The monoisotopic (exact) mass is 956 g/mol. The van der Waals surface area contributed by atoms with Crippen LogP contribution in [0.1, 0.15) is 96.9 Å². The van der Waals surface area contributed by atoms with E-state index in [1.165, 1.54) is 23.6 Å². The summed E-state index contributed by atoms with van der Waals surface area (Å²) in [7, 11) is 1.00. The normalized spacial score (nSPS) is 25.5. The Balaban J connectivity index is 0.000000192. The van der Waals surface area contributed by atoms with Crippen molar-refractivity contribution in [3.63, 3.8) is 0 Å². The molecule has 3 aliphatic heterocycles. The Hall–Kier alpha value is -4.94. The number of hydrogen-bond acceptors (Lipinski definition) is 15. The fourth-order valence-electron chi connectivity index (χ4n) is 8.64. The van der Waals surface area contributed by atoms with E-state index in [4.69, 9.17) is 42.4 Å². The third-order valence-corrected chi connectivity index (χ3v) is 14.4. The van der Waals surface area contributed by atoms with Crippen molar-refractivity contribution in [2.45, 2.75) is 129 Å². The van der Waals surface area contributed by atoms with Crippen LogP contribution in [-0.4, -0.2) is 83.1 Å². The van der Waals surface area contributed by atoms with E-state index in [1.807, 2.05) is 62.4 Å². The molecule has 0 bridgehead atoms. The first-order valence-corrected chi connectivity index (χ1v) is 23.9. The fourth-order valence-corrected chi connectivity index (χ4v) is 10.6. The van der Waals surface area contributed by atoms with Crippen LogP contribution >= 0.6 is 22.7 Å². The highest BCUT2D eigenvalue weighted by molar-refractivity contribution is 7.15. The molecular formula is C52H60O13S2. The standard InChI is InChI=1S/C27H30O6S.C24H26O6S.CH4O/c1-15-8-9-20(13-21(15)14-22-10-11-24(34-22)23-7-6-12-30-23)26-27(33-19(5)29)25(32-18(4)28)16(2)17(3)31-26;1-13-6-7-14(19(25)21-20(26)22-23(28-21)30-24(2,3)29-22)11-15(13)12-16-8-9-18(31-16)17-5-4-10-27-17;1-2/h6-13,16-17,25-27H,14H2,1-5H3;4-11,19-23,25-26H,12H2,1-3H3;2H,1H3/t16-,17-,25+,26?,27-;19?,20-,21+,22+,23+;/m11./s1. The first-order chi connectivity index (χ1) is 32.0. The predicted molar refractivity (Wildman–Crippen MR) is 253 cm³/mol. The Labute approximate surface area is 399 Å². The van der Waals surface area contributed by atoms with Crippen LogP contribution in [0.3, 0.4) is 0 Å². The third-order valence-electron chi connectivity index (χ3n) is 12.2. The number of furan rings is 2. The molecule has 3 aliphatic rings. The summed E-state index contributed by atoms with van der Waals surface area (Å²) in [4.78, 5) is 28.4. The minimum Gasteiger partial charge on any atom is -0.464 e. The molecule has 0 radical (unpaired) electrons. The lowest BCUT2D eigenvalue weighted by Crippen LogP contribution is -2.52. The van der Waals surface area contributed by atoms with Gasteiger partial charge in [-0.1, -0.05) is 43.3 Å². The maximum Gasteiger partial charge on any atom is 0.303 e. The summed E-state index contributed by atoms with van der Waals surface area (Å²) in [5.74, 6) is -0.0480. The van der Waals surface area contributed by atoms with Crippen LogP contribution in [0.4, 0.5) is 0 Å². The van der Waals surface area contributed by atoms with Gasteiger partial charge in [-0.25, -0.2) is 0 Å². The second-order valence-corrected chi connectivity index (χ2v) is 19.8. The van der Waals surface area contributed by atoms with Crippen molar-refractivity contribution in [2.75, 3.05) is 7.11 Å². The quantitative estimate of drug-likeness (QED) is 0.105. The Bertz CT molecular complexity index is 2560. The average Bonchev–Trinajstić information content (AvgIpc) is 4.16. The summed E-state index contributed by atoms with van der Waals surface area (Å²) in [5.41, 5.74) is 6.17. The van der Waals surface area contributed by atoms with Gasteiger partial charge in [-0.05, 0) is 117 Å². The van der Waals surface area contributed by atoms with Crippen LogP contribution in [0.5, 0.6) is 0 Å². The number of esters is 2. The molecule has 0 saturated carbocycles. The lowest BCUT2D eigenvalue weighted by molar-refractivity contribution is -0.226. The van der Waals surface area contributed by atoms with Gasteiger partial charge in [0, 0.05) is 49.5 Å². The molecular weight excluding hydrogens is 897 g/mol. The summed E-state index contributed by atoms with van der Waals surface area (Å²) in [5, 5.41) is 28.7. The van der Waals surface area contributed by atoms with E-state index in [1.54, 1.807) is 49.0 Å². The lowest BCUT2D eigenvalue weighted by Gasteiger charge is -2.43. The van der Waals surface area contributed by atoms with Gasteiger partial charge in [-0.15, -0.1) is 22.7 Å². The lowest BCUT2D eigenvalue weighted by atomic mass is 9.85. The van der Waals surface area contributed by atoms with Crippen molar-refractivity contribution < 1.29 is 62.2 Å². The zero-order valence-corrected chi connectivity index (χ0v) is 40.8. The number of benzene rings is 2. The van der Waals surface area contributed by atoms with E-state index >= 15 is 0 Å². The highest BCUT2D eigenvalue weighted by Gasteiger charge is 2.56. The molecule has 2 aromatic carbocycles. The van der Waals surface area contributed by atoms with Crippen molar-refractivity contribution in [3.05, 3.63) is 141 Å². The van der Waals surface area contributed by atoms with Gasteiger partial charge >= 0.3 is 11.9 Å². The molecule has 2 unspecified atom stereocenters. The Morgan fingerprint density at radius 2 is 1.28 bits per heavy atom. The molecule has 0 spiro atoms. The maximum atomic E-state index is 11.9. The van der Waals surface area contributed by atoms with Crippen molar-refractivity contribution in [2.24, 2.45) is 5.92 Å².